The molecule has 3 nitrogen and oxygen atoms in total. The largest absolute Gasteiger partial charge is 0.348 e. The molecule has 21 heavy (non-hydrogen) atoms. The van der Waals surface area contributed by atoms with Crippen LogP contribution in [0, 0.1) is 0 Å². The number of rotatable bonds is 4. The van der Waals surface area contributed by atoms with E-state index in [1.165, 1.54) is 5.56 Å². The lowest BCUT2D eigenvalue weighted by atomic mass is 10.0. The summed E-state index contributed by atoms with van der Waals surface area (Å²) in [6.45, 7) is 0.500. The smallest absolute Gasteiger partial charge is 0.253 e. The molecular weight excluding hydrogens is 280 g/mol. The summed E-state index contributed by atoms with van der Waals surface area (Å²) in [4.78, 5) is 16.0. The summed E-state index contributed by atoms with van der Waals surface area (Å²) in [5.74, 6) is -0.108. The van der Waals surface area contributed by atoms with Crippen LogP contribution in [0.5, 0.6) is 0 Å². The Bertz CT molecular complexity index is 724. The number of carbonyl (C=O) groups excluding carboxylic acids is 1. The van der Waals surface area contributed by atoms with Crippen LogP contribution < -0.4 is 5.32 Å². The lowest BCUT2D eigenvalue weighted by Gasteiger charge is -2.09. The standard InChI is InChI=1S/C17H14N2OS/c20-17(14-5-3-8-18-10-14)19-11-13-4-1-2-6-16(13)15-7-9-21-12-15/h1-10,12H,11H2,(H,19,20). The van der Waals surface area contributed by atoms with Crippen molar-refractivity contribution in [2.45, 2.75) is 6.54 Å². The predicted molar refractivity (Wildman–Crippen MR) is 85.2 cm³/mol. The average molecular weight is 294 g/mol. The first-order valence-electron chi connectivity index (χ1n) is 6.63. The first-order chi connectivity index (χ1) is 10.3. The Morgan fingerprint density at radius 3 is 2.81 bits per heavy atom. The molecule has 0 spiro atoms. The molecule has 0 aliphatic rings. The molecule has 0 aliphatic carbocycles. The fourth-order valence-corrected chi connectivity index (χ4v) is 2.80. The molecule has 1 amide bonds. The van der Waals surface area contributed by atoms with Gasteiger partial charge in [-0.15, -0.1) is 0 Å². The van der Waals surface area contributed by atoms with E-state index in [0.717, 1.165) is 11.1 Å². The van der Waals surface area contributed by atoms with Gasteiger partial charge in [-0.2, -0.15) is 11.3 Å². The fraction of sp³-hybridized carbons (Fsp3) is 0.0588. The van der Waals surface area contributed by atoms with E-state index in [2.05, 4.69) is 33.2 Å². The van der Waals surface area contributed by atoms with Gasteiger partial charge in [-0.1, -0.05) is 24.3 Å². The van der Waals surface area contributed by atoms with Crippen LogP contribution in [-0.2, 0) is 6.54 Å². The highest BCUT2D eigenvalue weighted by atomic mass is 32.1. The van der Waals surface area contributed by atoms with Crippen molar-refractivity contribution in [1.82, 2.24) is 10.3 Å². The van der Waals surface area contributed by atoms with E-state index in [-0.39, 0.29) is 5.91 Å². The van der Waals surface area contributed by atoms with Crippen molar-refractivity contribution < 1.29 is 4.79 Å². The van der Waals surface area contributed by atoms with Gasteiger partial charge in [-0.25, -0.2) is 0 Å². The number of thiophene rings is 1. The van der Waals surface area contributed by atoms with Crippen molar-refractivity contribution >= 4 is 17.2 Å². The third-order valence-corrected chi connectivity index (χ3v) is 3.90. The molecule has 3 aromatic rings. The van der Waals surface area contributed by atoms with Crippen LogP contribution in [-0.4, -0.2) is 10.9 Å². The zero-order valence-corrected chi connectivity index (χ0v) is 12.1. The molecule has 2 aromatic heterocycles. The Morgan fingerprint density at radius 1 is 1.14 bits per heavy atom. The number of nitrogens with one attached hydrogen (secondary N) is 1. The molecule has 0 saturated heterocycles. The quantitative estimate of drug-likeness (QED) is 0.796. The van der Waals surface area contributed by atoms with E-state index >= 15 is 0 Å². The Hall–Kier alpha value is -2.46. The average Bonchev–Trinajstić information content (AvgIpc) is 3.08. The van der Waals surface area contributed by atoms with Gasteiger partial charge in [0.25, 0.3) is 5.91 Å². The number of benzene rings is 1. The molecule has 4 heteroatoms. The van der Waals surface area contributed by atoms with Crippen LogP contribution in [0.4, 0.5) is 0 Å². The molecule has 0 bridgehead atoms. The maximum Gasteiger partial charge on any atom is 0.253 e. The maximum absolute atomic E-state index is 12.1. The van der Waals surface area contributed by atoms with Gasteiger partial charge in [0.05, 0.1) is 5.56 Å². The number of hydrogen-bond donors (Lipinski definition) is 1. The molecular formula is C17H14N2OS. The maximum atomic E-state index is 12.1. The lowest BCUT2D eigenvalue weighted by Crippen LogP contribution is -2.23. The normalized spacial score (nSPS) is 10.3. The number of amides is 1. The summed E-state index contributed by atoms with van der Waals surface area (Å²) >= 11 is 1.67. The summed E-state index contributed by atoms with van der Waals surface area (Å²) < 4.78 is 0. The molecule has 0 radical (unpaired) electrons. The number of hydrogen-bond acceptors (Lipinski definition) is 3. The molecule has 0 aliphatic heterocycles. The molecule has 0 saturated carbocycles. The monoisotopic (exact) mass is 294 g/mol. The van der Waals surface area contributed by atoms with E-state index in [4.69, 9.17) is 0 Å². The summed E-state index contributed by atoms with van der Waals surface area (Å²) in [5, 5.41) is 7.11. The summed E-state index contributed by atoms with van der Waals surface area (Å²) in [6, 6.07) is 13.7. The van der Waals surface area contributed by atoms with Crippen molar-refractivity contribution in [2.75, 3.05) is 0 Å². The fourth-order valence-electron chi connectivity index (χ4n) is 2.15. The van der Waals surface area contributed by atoms with E-state index < -0.39 is 0 Å². The van der Waals surface area contributed by atoms with Crippen molar-refractivity contribution in [3.63, 3.8) is 0 Å². The molecule has 1 aromatic carbocycles. The van der Waals surface area contributed by atoms with Crippen LogP contribution in [0.3, 0.4) is 0 Å². The third-order valence-electron chi connectivity index (χ3n) is 3.21. The molecule has 0 fully saturated rings. The Morgan fingerprint density at radius 2 is 2.05 bits per heavy atom. The topological polar surface area (TPSA) is 42.0 Å². The van der Waals surface area contributed by atoms with Crippen LogP contribution in [0.25, 0.3) is 11.1 Å². The SMILES string of the molecule is O=C(NCc1ccccc1-c1ccsc1)c1cccnc1. The van der Waals surface area contributed by atoms with Gasteiger partial charge in [0.1, 0.15) is 0 Å². The minimum absolute atomic E-state index is 0.108. The van der Waals surface area contributed by atoms with Crippen LogP contribution in [0.15, 0.2) is 65.6 Å². The summed E-state index contributed by atoms with van der Waals surface area (Å²) in [5.41, 5.74) is 4.02. The van der Waals surface area contributed by atoms with Gasteiger partial charge in [-0.05, 0) is 45.6 Å². The van der Waals surface area contributed by atoms with E-state index in [1.807, 2.05) is 18.2 Å². The summed E-state index contributed by atoms with van der Waals surface area (Å²) in [6.07, 6.45) is 3.22. The number of pyridine rings is 1. The zero-order chi connectivity index (χ0) is 14.5. The van der Waals surface area contributed by atoms with Crippen LogP contribution in [0.2, 0.25) is 0 Å². The van der Waals surface area contributed by atoms with Gasteiger partial charge in [0, 0.05) is 18.9 Å². The second-order valence-electron chi connectivity index (χ2n) is 4.59. The number of nitrogens with zero attached hydrogens (tertiary/aromatic N) is 1. The zero-order valence-electron chi connectivity index (χ0n) is 11.3. The third kappa shape index (κ3) is 3.17. The summed E-state index contributed by atoms with van der Waals surface area (Å²) in [7, 11) is 0. The second-order valence-corrected chi connectivity index (χ2v) is 5.37. The highest BCUT2D eigenvalue weighted by Crippen LogP contribution is 2.25. The van der Waals surface area contributed by atoms with Crippen molar-refractivity contribution in [3.8, 4) is 11.1 Å². The first-order valence-corrected chi connectivity index (χ1v) is 7.57. The minimum atomic E-state index is -0.108. The number of aromatic nitrogens is 1. The minimum Gasteiger partial charge on any atom is -0.348 e. The molecule has 3 rings (SSSR count). The lowest BCUT2D eigenvalue weighted by molar-refractivity contribution is 0.0950. The molecule has 0 unspecified atom stereocenters. The Kier molecular flexibility index (Phi) is 4.07. The van der Waals surface area contributed by atoms with Gasteiger partial charge >= 0.3 is 0 Å². The Balaban J connectivity index is 1.76. The molecule has 104 valence electrons. The van der Waals surface area contributed by atoms with Crippen LogP contribution >= 0.6 is 11.3 Å². The van der Waals surface area contributed by atoms with E-state index in [0.29, 0.717) is 12.1 Å². The van der Waals surface area contributed by atoms with Crippen molar-refractivity contribution in [2.24, 2.45) is 0 Å². The van der Waals surface area contributed by atoms with Crippen LogP contribution in [0.1, 0.15) is 15.9 Å². The van der Waals surface area contributed by atoms with E-state index in [1.54, 1.807) is 35.9 Å². The van der Waals surface area contributed by atoms with Gasteiger partial charge in [-0.3, -0.25) is 9.78 Å². The predicted octanol–water partition coefficient (Wildman–Crippen LogP) is 3.74. The van der Waals surface area contributed by atoms with Gasteiger partial charge in [0.15, 0.2) is 0 Å². The van der Waals surface area contributed by atoms with Gasteiger partial charge in [0.2, 0.25) is 0 Å². The number of carbonyl (C=O) groups is 1. The second kappa shape index (κ2) is 6.33. The highest BCUT2D eigenvalue weighted by molar-refractivity contribution is 7.08. The molecule has 2 heterocycles. The van der Waals surface area contributed by atoms with E-state index in [9.17, 15) is 4.79 Å². The van der Waals surface area contributed by atoms with Crippen molar-refractivity contribution in [3.05, 3.63) is 76.7 Å². The van der Waals surface area contributed by atoms with Gasteiger partial charge < -0.3 is 5.32 Å². The first kappa shape index (κ1) is 13.5. The molecule has 0 atom stereocenters. The Labute approximate surface area is 127 Å². The van der Waals surface area contributed by atoms with Crippen molar-refractivity contribution in [1.29, 1.82) is 0 Å². The molecule has 1 N–H and O–H groups in total. The highest BCUT2D eigenvalue weighted by Gasteiger charge is 2.08.